The van der Waals surface area contributed by atoms with Crippen LogP contribution in [-0.2, 0) is 0 Å². The Hall–Kier alpha value is -3.55. The lowest BCUT2D eigenvalue weighted by Crippen LogP contribution is -2.06. The molecule has 3 rings (SSSR count). The van der Waals surface area contributed by atoms with Gasteiger partial charge >= 0.3 is 5.97 Å². The van der Waals surface area contributed by atoms with Crippen molar-refractivity contribution in [2.45, 2.75) is 0 Å². The number of nitrogens with two attached hydrogens (primary N) is 3. The molecule has 0 amide bonds. The summed E-state index contributed by atoms with van der Waals surface area (Å²) in [6, 6.07) is 7.91. The summed E-state index contributed by atoms with van der Waals surface area (Å²) in [5.74, 6) is -0.573. The fourth-order valence-corrected chi connectivity index (χ4v) is 2.65. The molecular formula is C16H15N5O3. The predicted molar refractivity (Wildman–Crippen MR) is 91.7 cm³/mol. The van der Waals surface area contributed by atoms with Crippen molar-refractivity contribution < 1.29 is 14.6 Å². The smallest absolute Gasteiger partial charge is 0.336 e. The monoisotopic (exact) mass is 325 g/mol. The highest BCUT2D eigenvalue weighted by Gasteiger charge is 2.21. The lowest BCUT2D eigenvalue weighted by atomic mass is 9.94. The second-order valence-electron chi connectivity index (χ2n) is 5.11. The van der Waals surface area contributed by atoms with E-state index in [1.807, 2.05) is 0 Å². The summed E-state index contributed by atoms with van der Waals surface area (Å²) < 4.78 is 5.35. The first-order chi connectivity index (χ1) is 11.4. The SMILES string of the molecule is COc1ccc(N)cc1-c1c(C(=O)O)ccc2nc(N)nc(N)c12. The van der Waals surface area contributed by atoms with E-state index in [9.17, 15) is 9.90 Å². The number of ether oxygens (including phenoxy) is 1. The molecular weight excluding hydrogens is 310 g/mol. The summed E-state index contributed by atoms with van der Waals surface area (Å²) in [5, 5.41) is 9.97. The van der Waals surface area contributed by atoms with Crippen molar-refractivity contribution in [3.63, 3.8) is 0 Å². The average Bonchev–Trinajstić information content (AvgIpc) is 2.53. The van der Waals surface area contributed by atoms with Crippen LogP contribution in [0.3, 0.4) is 0 Å². The Morgan fingerprint density at radius 3 is 2.54 bits per heavy atom. The molecule has 8 heteroatoms. The molecule has 0 aliphatic rings. The van der Waals surface area contributed by atoms with Crippen molar-refractivity contribution in [2.75, 3.05) is 24.3 Å². The maximum absolute atomic E-state index is 11.7. The van der Waals surface area contributed by atoms with Gasteiger partial charge in [-0.25, -0.2) is 9.78 Å². The van der Waals surface area contributed by atoms with E-state index in [1.165, 1.54) is 19.2 Å². The Morgan fingerprint density at radius 2 is 1.88 bits per heavy atom. The van der Waals surface area contributed by atoms with Gasteiger partial charge in [0.15, 0.2) is 0 Å². The van der Waals surface area contributed by atoms with Gasteiger partial charge in [-0.1, -0.05) is 0 Å². The molecule has 0 spiro atoms. The number of aromatic carboxylic acids is 1. The molecule has 0 bridgehead atoms. The number of fused-ring (bicyclic) bond motifs is 1. The van der Waals surface area contributed by atoms with E-state index in [0.717, 1.165) is 0 Å². The number of hydrogen-bond acceptors (Lipinski definition) is 7. The first-order valence-corrected chi connectivity index (χ1v) is 6.95. The van der Waals surface area contributed by atoms with Gasteiger partial charge in [-0.3, -0.25) is 0 Å². The molecule has 24 heavy (non-hydrogen) atoms. The molecule has 0 aliphatic carbocycles. The topological polar surface area (TPSA) is 150 Å². The maximum Gasteiger partial charge on any atom is 0.336 e. The number of benzene rings is 2. The number of rotatable bonds is 3. The fraction of sp³-hybridized carbons (Fsp3) is 0.0625. The van der Waals surface area contributed by atoms with Crippen LogP contribution in [0, 0.1) is 0 Å². The quantitative estimate of drug-likeness (QED) is 0.532. The molecule has 0 aliphatic heterocycles. The minimum atomic E-state index is -1.12. The van der Waals surface area contributed by atoms with Crippen molar-refractivity contribution in [3.8, 4) is 16.9 Å². The van der Waals surface area contributed by atoms with E-state index in [-0.39, 0.29) is 17.3 Å². The van der Waals surface area contributed by atoms with Gasteiger partial charge in [-0.15, -0.1) is 0 Å². The molecule has 1 heterocycles. The number of nitrogen functional groups attached to an aromatic ring is 3. The minimum Gasteiger partial charge on any atom is -0.496 e. The number of anilines is 3. The lowest BCUT2D eigenvalue weighted by Gasteiger charge is -2.15. The van der Waals surface area contributed by atoms with E-state index in [4.69, 9.17) is 21.9 Å². The first kappa shape index (κ1) is 15.3. The van der Waals surface area contributed by atoms with Gasteiger partial charge in [-0.05, 0) is 30.3 Å². The molecule has 3 aromatic rings. The van der Waals surface area contributed by atoms with Crippen LogP contribution >= 0.6 is 0 Å². The number of methoxy groups -OCH3 is 1. The van der Waals surface area contributed by atoms with Gasteiger partial charge in [0.25, 0.3) is 0 Å². The third-order valence-corrected chi connectivity index (χ3v) is 3.63. The number of hydrogen-bond donors (Lipinski definition) is 4. The van der Waals surface area contributed by atoms with Crippen LogP contribution < -0.4 is 21.9 Å². The van der Waals surface area contributed by atoms with E-state index in [2.05, 4.69) is 9.97 Å². The summed E-state index contributed by atoms with van der Waals surface area (Å²) >= 11 is 0. The van der Waals surface area contributed by atoms with Gasteiger partial charge in [0, 0.05) is 16.8 Å². The Labute approximate surface area is 136 Å². The number of carboxylic acid groups (broad SMARTS) is 1. The van der Waals surface area contributed by atoms with Crippen molar-refractivity contribution >= 4 is 34.3 Å². The van der Waals surface area contributed by atoms with E-state index >= 15 is 0 Å². The zero-order chi connectivity index (χ0) is 17.4. The van der Waals surface area contributed by atoms with Crippen LogP contribution in [0.1, 0.15) is 10.4 Å². The lowest BCUT2D eigenvalue weighted by molar-refractivity contribution is 0.0698. The maximum atomic E-state index is 11.7. The molecule has 0 atom stereocenters. The van der Waals surface area contributed by atoms with Crippen LogP contribution in [0.4, 0.5) is 17.5 Å². The van der Waals surface area contributed by atoms with Crippen molar-refractivity contribution in [1.29, 1.82) is 0 Å². The van der Waals surface area contributed by atoms with Crippen LogP contribution in [0.25, 0.3) is 22.0 Å². The fourth-order valence-electron chi connectivity index (χ4n) is 2.65. The summed E-state index contributed by atoms with van der Waals surface area (Å²) in [6.45, 7) is 0. The molecule has 0 saturated heterocycles. The van der Waals surface area contributed by atoms with Crippen molar-refractivity contribution in [1.82, 2.24) is 9.97 Å². The van der Waals surface area contributed by atoms with E-state index < -0.39 is 5.97 Å². The normalized spacial score (nSPS) is 10.7. The highest BCUT2D eigenvalue weighted by molar-refractivity contribution is 6.11. The molecule has 122 valence electrons. The zero-order valence-corrected chi connectivity index (χ0v) is 12.8. The molecule has 0 unspecified atom stereocenters. The Morgan fingerprint density at radius 1 is 1.12 bits per heavy atom. The van der Waals surface area contributed by atoms with Gasteiger partial charge in [0.1, 0.15) is 11.6 Å². The Bertz CT molecular complexity index is 972. The molecule has 0 fully saturated rings. The van der Waals surface area contributed by atoms with E-state index in [0.29, 0.717) is 33.5 Å². The molecule has 2 aromatic carbocycles. The Balaban J connectivity index is 2.52. The number of carbonyl (C=O) groups is 1. The average molecular weight is 325 g/mol. The van der Waals surface area contributed by atoms with Gasteiger partial charge < -0.3 is 27.0 Å². The van der Waals surface area contributed by atoms with Gasteiger partial charge in [0.2, 0.25) is 5.95 Å². The predicted octanol–water partition coefficient (Wildman–Crippen LogP) is 1.75. The minimum absolute atomic E-state index is 0.00793. The molecule has 0 saturated carbocycles. The third kappa shape index (κ3) is 2.39. The number of aromatic nitrogens is 2. The second-order valence-corrected chi connectivity index (χ2v) is 5.11. The highest BCUT2D eigenvalue weighted by Crippen LogP contribution is 2.40. The first-order valence-electron chi connectivity index (χ1n) is 6.95. The molecule has 8 nitrogen and oxygen atoms in total. The zero-order valence-electron chi connectivity index (χ0n) is 12.8. The summed E-state index contributed by atoms with van der Waals surface area (Å²) in [6.07, 6.45) is 0. The van der Waals surface area contributed by atoms with Gasteiger partial charge in [0.05, 0.1) is 23.6 Å². The number of carboxylic acids is 1. The third-order valence-electron chi connectivity index (χ3n) is 3.63. The second kappa shape index (κ2) is 5.58. The van der Waals surface area contributed by atoms with Crippen LogP contribution in [0.15, 0.2) is 30.3 Å². The summed E-state index contributed by atoms with van der Waals surface area (Å²) in [5.41, 5.74) is 19.2. The highest BCUT2D eigenvalue weighted by atomic mass is 16.5. The molecule has 1 aromatic heterocycles. The van der Waals surface area contributed by atoms with Crippen LogP contribution in [0.5, 0.6) is 5.75 Å². The van der Waals surface area contributed by atoms with Gasteiger partial charge in [-0.2, -0.15) is 4.98 Å². The van der Waals surface area contributed by atoms with Crippen molar-refractivity contribution in [2.24, 2.45) is 0 Å². The van der Waals surface area contributed by atoms with E-state index in [1.54, 1.807) is 18.2 Å². The van der Waals surface area contributed by atoms with Crippen LogP contribution in [0.2, 0.25) is 0 Å². The standard InChI is InChI=1S/C16H15N5O3/c1-24-11-5-2-7(17)6-9(11)12-8(15(22)23)3-4-10-13(12)14(18)21-16(19)20-10/h2-6H,17H2,1H3,(H,22,23)(H4,18,19,20,21). The largest absolute Gasteiger partial charge is 0.496 e. The molecule has 0 radical (unpaired) electrons. The summed E-state index contributed by atoms with van der Waals surface area (Å²) in [7, 11) is 1.48. The van der Waals surface area contributed by atoms with Crippen LogP contribution in [-0.4, -0.2) is 28.2 Å². The Kier molecular flexibility index (Phi) is 3.57. The molecule has 7 N–H and O–H groups in total. The van der Waals surface area contributed by atoms with Crippen molar-refractivity contribution in [3.05, 3.63) is 35.9 Å². The summed E-state index contributed by atoms with van der Waals surface area (Å²) in [4.78, 5) is 19.8. The number of nitrogens with zero attached hydrogens (tertiary/aromatic N) is 2.